The number of carbonyl (C=O) groups is 2. The van der Waals surface area contributed by atoms with E-state index >= 15 is 0 Å². The third-order valence-electron chi connectivity index (χ3n) is 5.04. The predicted octanol–water partition coefficient (Wildman–Crippen LogP) is 2.12. The molecule has 4 rings (SSSR count). The van der Waals surface area contributed by atoms with Gasteiger partial charge in [-0.3, -0.25) is 4.79 Å². The van der Waals surface area contributed by atoms with Crippen LogP contribution in [0.3, 0.4) is 0 Å². The fourth-order valence-electron chi connectivity index (χ4n) is 3.67. The van der Waals surface area contributed by atoms with E-state index in [1.165, 1.54) is 11.0 Å². The maximum absolute atomic E-state index is 13.2. The van der Waals surface area contributed by atoms with Gasteiger partial charge >= 0.3 is 12.3 Å². The lowest BCUT2D eigenvalue weighted by molar-refractivity contribution is -0.142. The molecule has 0 bridgehead atoms. The summed E-state index contributed by atoms with van der Waals surface area (Å²) in [5.74, 6) is -1.05. The van der Waals surface area contributed by atoms with E-state index in [1.54, 1.807) is 4.90 Å². The topological polar surface area (TPSA) is 87.4 Å². The number of rotatable bonds is 2. The van der Waals surface area contributed by atoms with Crippen molar-refractivity contribution < 1.29 is 32.6 Å². The molecule has 2 aliphatic rings. The first-order valence-electron chi connectivity index (χ1n) is 8.77. The van der Waals surface area contributed by atoms with Gasteiger partial charge in [-0.25, -0.2) is 9.31 Å². The molecule has 2 saturated heterocycles. The number of hydrogen-bond donors (Lipinski definition) is 1. The molecule has 28 heavy (non-hydrogen) atoms. The van der Waals surface area contributed by atoms with E-state index in [4.69, 9.17) is 4.74 Å². The number of hydrogen-bond acceptors (Lipinski definition) is 5. The highest BCUT2D eigenvalue weighted by atomic mass is 19.4. The van der Waals surface area contributed by atoms with Gasteiger partial charge in [0.25, 0.3) is 5.91 Å². The Morgan fingerprint density at radius 2 is 1.89 bits per heavy atom. The van der Waals surface area contributed by atoms with Crippen molar-refractivity contribution >= 4 is 17.5 Å². The molecule has 0 aliphatic carbocycles. The molecule has 2 aliphatic heterocycles. The number of halogens is 3. The number of aromatic hydroxyl groups is 1. The van der Waals surface area contributed by atoms with E-state index < -0.39 is 23.5 Å². The summed E-state index contributed by atoms with van der Waals surface area (Å²) in [6.07, 6.45) is -3.97. The summed E-state index contributed by atoms with van der Waals surface area (Å²) in [6.45, 7) is 1.60. The number of likely N-dealkylation sites (tertiary alicyclic amines) is 1. The van der Waals surface area contributed by atoms with Gasteiger partial charge in [-0.05, 0) is 18.9 Å². The molecule has 0 radical (unpaired) electrons. The molecular weight excluding hydrogens is 381 g/mol. The summed E-state index contributed by atoms with van der Waals surface area (Å²) in [5.41, 5.74) is -1.31. The highest BCUT2D eigenvalue weighted by Crippen LogP contribution is 2.32. The summed E-state index contributed by atoms with van der Waals surface area (Å²) in [4.78, 5) is 27.5. The van der Waals surface area contributed by atoms with Crippen LogP contribution in [0.5, 0.6) is 5.75 Å². The summed E-state index contributed by atoms with van der Waals surface area (Å²) in [5, 5.41) is 13.4. The van der Waals surface area contributed by atoms with E-state index in [2.05, 4.69) is 5.10 Å². The van der Waals surface area contributed by atoms with Crippen molar-refractivity contribution in [3.05, 3.63) is 29.6 Å². The summed E-state index contributed by atoms with van der Waals surface area (Å²) >= 11 is 0. The molecule has 0 atom stereocenters. The van der Waals surface area contributed by atoms with Crippen LogP contribution >= 0.6 is 0 Å². The number of fused-ring (bicyclic) bond motifs is 1. The zero-order valence-corrected chi connectivity index (χ0v) is 14.6. The first kappa shape index (κ1) is 18.4. The quantitative estimate of drug-likeness (QED) is 0.837. The number of carbonyl (C=O) groups excluding carboxylic acids is 2. The molecule has 2 amide bonds. The van der Waals surface area contributed by atoms with Gasteiger partial charge in [-0.15, -0.1) is 0 Å². The van der Waals surface area contributed by atoms with E-state index in [0.29, 0.717) is 49.7 Å². The summed E-state index contributed by atoms with van der Waals surface area (Å²) < 4.78 is 45.1. The van der Waals surface area contributed by atoms with Crippen LogP contribution in [-0.4, -0.2) is 68.8 Å². The van der Waals surface area contributed by atoms with E-state index in [9.17, 15) is 27.9 Å². The average Bonchev–Trinajstić information content (AvgIpc) is 3.25. The van der Waals surface area contributed by atoms with E-state index in [-0.39, 0.29) is 23.3 Å². The highest BCUT2D eigenvalue weighted by molar-refractivity contribution is 5.93. The average molecular weight is 398 g/mol. The largest absolute Gasteiger partial charge is 0.508 e. The SMILES string of the molecule is O=C(c1cc2cc(O)cc(C(F)(F)F)n2n1)N1CCC(N2CCOC2=O)CC1. The van der Waals surface area contributed by atoms with Crippen LogP contribution in [0, 0.1) is 0 Å². The fourth-order valence-corrected chi connectivity index (χ4v) is 3.67. The molecule has 0 spiro atoms. The summed E-state index contributed by atoms with van der Waals surface area (Å²) in [6, 6.07) is 2.88. The number of amides is 2. The lowest BCUT2D eigenvalue weighted by Gasteiger charge is -2.35. The Labute approximate surface area is 157 Å². The Bertz CT molecular complexity index is 934. The molecule has 150 valence electrons. The van der Waals surface area contributed by atoms with Crippen molar-refractivity contribution in [1.29, 1.82) is 0 Å². The van der Waals surface area contributed by atoms with Crippen molar-refractivity contribution in [2.75, 3.05) is 26.2 Å². The molecule has 2 aromatic heterocycles. The normalized spacial score (nSPS) is 18.8. The van der Waals surface area contributed by atoms with Gasteiger partial charge in [0.15, 0.2) is 5.69 Å². The van der Waals surface area contributed by atoms with Gasteiger partial charge in [-0.2, -0.15) is 18.3 Å². The van der Waals surface area contributed by atoms with Crippen LogP contribution in [0.25, 0.3) is 5.52 Å². The Morgan fingerprint density at radius 1 is 1.18 bits per heavy atom. The first-order valence-corrected chi connectivity index (χ1v) is 8.77. The van der Waals surface area contributed by atoms with Crippen LogP contribution < -0.4 is 0 Å². The number of nitrogens with zero attached hydrogens (tertiary/aromatic N) is 4. The second kappa shape index (κ2) is 6.57. The highest BCUT2D eigenvalue weighted by Gasteiger charge is 2.36. The minimum atomic E-state index is -4.73. The lowest BCUT2D eigenvalue weighted by atomic mass is 10.0. The minimum absolute atomic E-state index is 0.0195. The maximum atomic E-state index is 13.2. The van der Waals surface area contributed by atoms with Crippen LogP contribution in [0.15, 0.2) is 18.2 Å². The summed E-state index contributed by atoms with van der Waals surface area (Å²) in [7, 11) is 0. The Morgan fingerprint density at radius 3 is 2.50 bits per heavy atom. The number of pyridine rings is 1. The van der Waals surface area contributed by atoms with Crippen molar-refractivity contribution in [2.45, 2.75) is 25.1 Å². The van der Waals surface area contributed by atoms with Crippen LogP contribution in [0.2, 0.25) is 0 Å². The van der Waals surface area contributed by atoms with Crippen molar-refractivity contribution in [2.24, 2.45) is 0 Å². The predicted molar refractivity (Wildman–Crippen MR) is 88.8 cm³/mol. The maximum Gasteiger partial charge on any atom is 0.433 e. The van der Waals surface area contributed by atoms with Crippen LogP contribution in [-0.2, 0) is 10.9 Å². The molecule has 1 N–H and O–H groups in total. The number of aromatic nitrogens is 2. The van der Waals surface area contributed by atoms with Gasteiger partial charge < -0.3 is 19.6 Å². The number of alkyl halides is 3. The number of cyclic esters (lactones) is 1. The van der Waals surface area contributed by atoms with E-state index in [0.717, 1.165) is 6.07 Å². The molecule has 11 heteroatoms. The molecular formula is C17H17F3N4O4. The van der Waals surface area contributed by atoms with Gasteiger partial charge in [0, 0.05) is 31.3 Å². The number of piperidine rings is 1. The Balaban J connectivity index is 1.53. The first-order chi connectivity index (χ1) is 13.2. The van der Waals surface area contributed by atoms with Crippen LogP contribution in [0.4, 0.5) is 18.0 Å². The third kappa shape index (κ3) is 3.20. The number of ether oxygens (including phenoxy) is 1. The van der Waals surface area contributed by atoms with Crippen LogP contribution in [0.1, 0.15) is 29.0 Å². The van der Waals surface area contributed by atoms with E-state index in [1.807, 2.05) is 0 Å². The molecule has 2 aromatic rings. The molecule has 8 nitrogen and oxygen atoms in total. The smallest absolute Gasteiger partial charge is 0.433 e. The standard InChI is InChI=1S/C17H17F3N4O4/c18-17(19,20)14-9-12(25)7-11-8-13(21-24(11)14)15(26)22-3-1-10(2-4-22)23-5-6-28-16(23)27/h7-10,25H,1-6H2. The molecule has 0 unspecified atom stereocenters. The Hall–Kier alpha value is -2.98. The molecule has 0 aromatic carbocycles. The van der Waals surface area contributed by atoms with Gasteiger partial charge in [0.2, 0.25) is 0 Å². The fraction of sp³-hybridized carbons (Fsp3) is 0.471. The molecule has 4 heterocycles. The Kier molecular flexibility index (Phi) is 4.31. The zero-order valence-electron chi connectivity index (χ0n) is 14.6. The van der Waals surface area contributed by atoms with Crippen molar-refractivity contribution in [1.82, 2.24) is 19.4 Å². The van der Waals surface area contributed by atoms with Gasteiger partial charge in [0.1, 0.15) is 18.1 Å². The lowest BCUT2D eigenvalue weighted by Crippen LogP contribution is -2.47. The van der Waals surface area contributed by atoms with Crippen molar-refractivity contribution in [3.63, 3.8) is 0 Å². The third-order valence-corrected chi connectivity index (χ3v) is 5.04. The minimum Gasteiger partial charge on any atom is -0.508 e. The van der Waals surface area contributed by atoms with Crippen molar-refractivity contribution in [3.8, 4) is 5.75 Å². The second-order valence-electron chi connectivity index (χ2n) is 6.79. The zero-order chi connectivity index (χ0) is 20.1. The van der Waals surface area contributed by atoms with Gasteiger partial charge in [0.05, 0.1) is 12.1 Å². The monoisotopic (exact) mass is 398 g/mol. The second-order valence-corrected chi connectivity index (χ2v) is 6.79. The van der Waals surface area contributed by atoms with Gasteiger partial charge in [-0.1, -0.05) is 0 Å². The molecule has 2 fully saturated rings. The molecule has 0 saturated carbocycles.